The lowest BCUT2D eigenvalue weighted by molar-refractivity contribution is 0.0937. The second-order valence-corrected chi connectivity index (χ2v) is 11.1. The predicted molar refractivity (Wildman–Crippen MR) is 159 cm³/mol. The minimum absolute atomic E-state index is 0.144. The number of hydrogen-bond acceptors (Lipinski definition) is 8. The molecule has 11 nitrogen and oxygen atoms in total. The molecule has 2 aliphatic heterocycles. The van der Waals surface area contributed by atoms with E-state index < -0.39 is 6.09 Å². The van der Waals surface area contributed by atoms with Gasteiger partial charge in [0.05, 0.1) is 11.8 Å². The van der Waals surface area contributed by atoms with Crippen LogP contribution in [0.3, 0.4) is 0 Å². The Hall–Kier alpha value is -4.64. The molecule has 4 heterocycles. The normalized spacial score (nSPS) is 17.9. The molecule has 2 amide bonds. The molecular formula is C31H35N7O4. The highest BCUT2D eigenvalue weighted by Crippen LogP contribution is 2.28. The third-order valence-electron chi connectivity index (χ3n) is 7.94. The number of aromatic nitrogens is 3. The molecule has 3 N–H and O–H groups in total. The van der Waals surface area contributed by atoms with Gasteiger partial charge in [0.25, 0.3) is 5.91 Å². The zero-order valence-electron chi connectivity index (χ0n) is 23.8. The van der Waals surface area contributed by atoms with Crippen LogP contribution in [0.1, 0.15) is 29.6 Å². The largest absolute Gasteiger partial charge is 0.490 e. The Balaban J connectivity index is 1.06. The molecule has 0 aliphatic carbocycles. The topological polar surface area (TPSA) is 128 Å². The smallest absolute Gasteiger partial charge is 0.415 e. The molecule has 42 heavy (non-hydrogen) atoms. The van der Waals surface area contributed by atoms with Crippen LogP contribution in [0.15, 0.2) is 61.1 Å². The highest BCUT2D eigenvalue weighted by atomic mass is 16.6. The van der Waals surface area contributed by atoms with Crippen molar-refractivity contribution in [3.8, 4) is 22.6 Å². The highest BCUT2D eigenvalue weighted by Gasteiger charge is 2.29. The molecule has 0 bridgehead atoms. The average molecular weight is 570 g/mol. The number of anilines is 1. The number of piperidine rings is 1. The van der Waals surface area contributed by atoms with Gasteiger partial charge in [0, 0.05) is 62.8 Å². The number of carbonyl (C=O) groups excluding carboxylic acids is 2. The summed E-state index contributed by atoms with van der Waals surface area (Å²) in [7, 11) is 3.95. The fourth-order valence-electron chi connectivity index (χ4n) is 5.49. The molecule has 0 radical (unpaired) electrons. The molecule has 0 spiro atoms. The molecule has 2 aromatic carbocycles. The number of fused-ring (bicyclic) bond motifs is 1. The minimum atomic E-state index is -0.454. The van der Waals surface area contributed by atoms with E-state index in [1.165, 1.54) is 0 Å². The third kappa shape index (κ3) is 6.15. The molecule has 4 aromatic rings. The van der Waals surface area contributed by atoms with E-state index in [0.29, 0.717) is 25.3 Å². The quantitative estimate of drug-likeness (QED) is 0.360. The molecule has 11 heteroatoms. The van der Waals surface area contributed by atoms with Crippen molar-refractivity contribution in [3.05, 3.63) is 66.6 Å². The van der Waals surface area contributed by atoms with Gasteiger partial charge in [-0.1, -0.05) is 12.1 Å². The Labute approximate surface area is 244 Å². The van der Waals surface area contributed by atoms with E-state index in [9.17, 15) is 9.59 Å². The number of nitrogen functional groups attached to an aromatic ring is 1. The lowest BCUT2D eigenvalue weighted by Gasteiger charge is -2.29. The number of nitrogens with one attached hydrogen (secondary N) is 1. The van der Waals surface area contributed by atoms with E-state index in [1.54, 1.807) is 34.1 Å². The third-order valence-corrected chi connectivity index (χ3v) is 7.94. The number of benzene rings is 2. The number of carbonyl (C=O) groups is 2. The van der Waals surface area contributed by atoms with Gasteiger partial charge in [-0.25, -0.2) is 9.78 Å². The molecule has 2 aliphatic rings. The van der Waals surface area contributed by atoms with Crippen molar-refractivity contribution >= 4 is 28.6 Å². The van der Waals surface area contributed by atoms with Crippen LogP contribution in [-0.2, 0) is 7.05 Å². The summed E-state index contributed by atoms with van der Waals surface area (Å²) >= 11 is 0. The Morgan fingerprint density at radius 2 is 1.69 bits per heavy atom. The van der Waals surface area contributed by atoms with Gasteiger partial charge in [0.1, 0.15) is 23.4 Å². The van der Waals surface area contributed by atoms with Crippen molar-refractivity contribution < 1.29 is 19.1 Å². The zero-order chi connectivity index (χ0) is 29.2. The van der Waals surface area contributed by atoms with Crippen LogP contribution in [0.25, 0.3) is 21.9 Å². The van der Waals surface area contributed by atoms with Gasteiger partial charge in [-0.2, -0.15) is 5.10 Å². The number of amides is 2. The summed E-state index contributed by atoms with van der Waals surface area (Å²) in [6.07, 6.45) is 7.53. The summed E-state index contributed by atoms with van der Waals surface area (Å²) in [6.45, 7) is 2.87. The lowest BCUT2D eigenvalue weighted by atomic mass is 10.1. The summed E-state index contributed by atoms with van der Waals surface area (Å²) in [5.41, 5.74) is 7.89. The molecular weight excluding hydrogens is 534 g/mol. The molecule has 2 saturated heterocycles. The summed E-state index contributed by atoms with van der Waals surface area (Å²) in [6, 6.07) is 13.1. The van der Waals surface area contributed by atoms with Crippen molar-refractivity contribution in [2.24, 2.45) is 7.05 Å². The van der Waals surface area contributed by atoms with Gasteiger partial charge in [-0.05, 0) is 67.4 Å². The number of aryl methyl sites for hydroxylation is 1. The highest BCUT2D eigenvalue weighted by molar-refractivity contribution is 5.99. The van der Waals surface area contributed by atoms with E-state index in [2.05, 4.69) is 27.3 Å². The molecule has 2 fully saturated rings. The van der Waals surface area contributed by atoms with Gasteiger partial charge in [-0.3, -0.25) is 9.48 Å². The Bertz CT molecular complexity index is 1610. The van der Waals surface area contributed by atoms with Crippen LogP contribution in [0, 0.1) is 0 Å². The summed E-state index contributed by atoms with van der Waals surface area (Å²) < 4.78 is 13.6. The van der Waals surface area contributed by atoms with Crippen LogP contribution in [0.5, 0.6) is 11.5 Å². The van der Waals surface area contributed by atoms with Crippen LogP contribution < -0.4 is 20.5 Å². The molecule has 0 unspecified atom stereocenters. The van der Waals surface area contributed by atoms with Gasteiger partial charge < -0.3 is 30.3 Å². The first-order chi connectivity index (χ1) is 20.3. The number of pyridine rings is 1. The van der Waals surface area contributed by atoms with E-state index in [-0.39, 0.29) is 29.4 Å². The molecule has 0 saturated carbocycles. The van der Waals surface area contributed by atoms with Gasteiger partial charge in [0.2, 0.25) is 0 Å². The van der Waals surface area contributed by atoms with Crippen LogP contribution in [-0.4, -0.2) is 81.9 Å². The standard InChI is InChI=1S/C31H35N7O4/c1-36-10-8-25(9-11-36)41-26-5-3-20-4-6-27(14-21(20)13-26)42-31(40)38-12-7-24(19-38)35-30(39)28-15-22(16-33-29(28)32)23-17-34-37(2)18-23/h3-6,13-18,24-25H,7-12,19H2,1-2H3,(H2,32,33)(H,35,39)/t24-/m1/s1. The fourth-order valence-corrected chi connectivity index (χ4v) is 5.49. The number of ether oxygens (including phenoxy) is 2. The lowest BCUT2D eigenvalue weighted by Crippen LogP contribution is -2.39. The molecule has 6 rings (SSSR count). The number of nitrogens with zero attached hydrogens (tertiary/aromatic N) is 5. The number of hydrogen-bond donors (Lipinski definition) is 2. The van der Waals surface area contributed by atoms with Gasteiger partial charge >= 0.3 is 6.09 Å². The number of likely N-dealkylation sites (tertiary alicyclic amines) is 2. The second kappa shape index (κ2) is 11.7. The van der Waals surface area contributed by atoms with Gasteiger partial charge in [-0.15, -0.1) is 0 Å². The van der Waals surface area contributed by atoms with Crippen molar-refractivity contribution in [3.63, 3.8) is 0 Å². The van der Waals surface area contributed by atoms with Gasteiger partial charge in [0.15, 0.2) is 0 Å². The summed E-state index contributed by atoms with van der Waals surface area (Å²) in [5.74, 6) is 1.09. The van der Waals surface area contributed by atoms with Crippen molar-refractivity contribution in [2.45, 2.75) is 31.4 Å². The maximum Gasteiger partial charge on any atom is 0.415 e. The molecule has 2 aromatic heterocycles. The van der Waals surface area contributed by atoms with E-state index >= 15 is 0 Å². The zero-order valence-corrected chi connectivity index (χ0v) is 23.8. The molecule has 218 valence electrons. The average Bonchev–Trinajstić information content (AvgIpc) is 3.63. The Morgan fingerprint density at radius 1 is 0.929 bits per heavy atom. The first-order valence-corrected chi connectivity index (χ1v) is 14.2. The van der Waals surface area contributed by atoms with Crippen molar-refractivity contribution in [1.82, 2.24) is 29.9 Å². The summed E-state index contributed by atoms with van der Waals surface area (Å²) in [5, 5.41) is 9.14. The maximum absolute atomic E-state index is 13.1. The van der Waals surface area contributed by atoms with Crippen molar-refractivity contribution in [2.75, 3.05) is 39.0 Å². The van der Waals surface area contributed by atoms with E-state index in [1.807, 2.05) is 43.6 Å². The van der Waals surface area contributed by atoms with E-state index in [4.69, 9.17) is 15.2 Å². The molecule has 1 atom stereocenters. The predicted octanol–water partition coefficient (Wildman–Crippen LogP) is 3.69. The first kappa shape index (κ1) is 27.5. The second-order valence-electron chi connectivity index (χ2n) is 11.1. The number of rotatable bonds is 6. The first-order valence-electron chi connectivity index (χ1n) is 14.2. The summed E-state index contributed by atoms with van der Waals surface area (Å²) in [4.78, 5) is 34.2. The van der Waals surface area contributed by atoms with Crippen LogP contribution >= 0.6 is 0 Å². The van der Waals surface area contributed by atoms with Crippen LogP contribution in [0.2, 0.25) is 0 Å². The fraction of sp³-hybridized carbons (Fsp3) is 0.355. The Kier molecular flexibility index (Phi) is 7.66. The van der Waals surface area contributed by atoms with E-state index in [0.717, 1.165) is 53.6 Å². The monoisotopic (exact) mass is 569 g/mol. The number of nitrogens with two attached hydrogens (primary N) is 1. The minimum Gasteiger partial charge on any atom is -0.490 e. The maximum atomic E-state index is 13.1. The van der Waals surface area contributed by atoms with Crippen LogP contribution in [0.4, 0.5) is 10.6 Å². The Morgan fingerprint density at radius 3 is 2.45 bits per heavy atom. The SMILES string of the molecule is CN1CCC(Oc2ccc3ccc(OC(=O)N4CC[C@@H](NC(=O)c5cc(-c6cnn(C)c6)cnc5N)C4)cc3c2)CC1. The van der Waals surface area contributed by atoms with Crippen molar-refractivity contribution in [1.29, 1.82) is 0 Å².